The molecule has 7 heteroatoms. The number of nitrogens with zero attached hydrogens (tertiary/aromatic N) is 1. The lowest BCUT2D eigenvalue weighted by Crippen LogP contribution is -2.19. The first-order valence-electron chi connectivity index (χ1n) is 6.97. The summed E-state index contributed by atoms with van der Waals surface area (Å²) >= 11 is 0. The summed E-state index contributed by atoms with van der Waals surface area (Å²) < 4.78 is 38.3. The van der Waals surface area contributed by atoms with Crippen molar-refractivity contribution in [3.05, 3.63) is 29.8 Å². The third-order valence-corrected chi connectivity index (χ3v) is 3.83. The minimum absolute atomic E-state index is 0.0480. The van der Waals surface area contributed by atoms with Crippen LogP contribution < -0.4 is 0 Å². The van der Waals surface area contributed by atoms with E-state index in [1.165, 1.54) is 12.1 Å². The molecule has 122 valence electrons. The van der Waals surface area contributed by atoms with Gasteiger partial charge in [0.05, 0.1) is 17.6 Å². The van der Waals surface area contributed by atoms with Crippen LogP contribution in [0.2, 0.25) is 0 Å². The van der Waals surface area contributed by atoms with Crippen LogP contribution in [0.15, 0.2) is 33.6 Å². The van der Waals surface area contributed by atoms with E-state index < -0.39 is 16.0 Å². The molecule has 0 fully saturated rings. The zero-order valence-corrected chi connectivity index (χ0v) is 14.0. The molecule has 0 aliphatic rings. The maximum absolute atomic E-state index is 12.3. The fourth-order valence-electron chi connectivity index (χ4n) is 1.60. The number of ether oxygens (including phenoxy) is 2. The number of hydrogen-bond donors (Lipinski definition) is 0. The molecular weight excluding hydrogens is 306 g/mol. The lowest BCUT2D eigenvalue weighted by Gasteiger charge is -2.12. The van der Waals surface area contributed by atoms with E-state index in [1.807, 2.05) is 6.92 Å². The molecule has 0 bridgehead atoms. The first kappa shape index (κ1) is 18.2. The van der Waals surface area contributed by atoms with Gasteiger partial charge in [-0.1, -0.05) is 17.7 Å². The summed E-state index contributed by atoms with van der Waals surface area (Å²) in [6, 6.07) is 6.28. The summed E-state index contributed by atoms with van der Waals surface area (Å²) in [5.41, 5.74) is 0.938. The van der Waals surface area contributed by atoms with Gasteiger partial charge in [0.2, 0.25) is 5.90 Å². The van der Waals surface area contributed by atoms with Gasteiger partial charge < -0.3 is 9.47 Å². The second-order valence-electron chi connectivity index (χ2n) is 4.92. The smallest absolute Gasteiger partial charge is 0.315 e. The Morgan fingerprint density at radius 2 is 1.82 bits per heavy atom. The van der Waals surface area contributed by atoms with Crippen molar-refractivity contribution in [1.82, 2.24) is 0 Å². The summed E-state index contributed by atoms with van der Waals surface area (Å²) in [6.45, 7) is 7.17. The molecule has 0 saturated carbocycles. The molecule has 0 spiro atoms. The second kappa shape index (κ2) is 7.93. The molecule has 0 radical (unpaired) electrons. The monoisotopic (exact) mass is 327 g/mol. The van der Waals surface area contributed by atoms with Crippen molar-refractivity contribution in [1.29, 1.82) is 0 Å². The SMILES string of the molecule is CCOC(=O)C/C(=N\S(=O)(=O)c1ccc(C)cc1)OC(C)C. The Labute approximate surface area is 131 Å². The molecule has 0 atom stereocenters. The van der Waals surface area contributed by atoms with Crippen molar-refractivity contribution in [2.75, 3.05) is 6.61 Å². The largest absolute Gasteiger partial charge is 0.477 e. The molecule has 6 nitrogen and oxygen atoms in total. The van der Waals surface area contributed by atoms with Crippen LogP contribution in [0.5, 0.6) is 0 Å². The van der Waals surface area contributed by atoms with E-state index in [-0.39, 0.29) is 29.9 Å². The highest BCUT2D eigenvalue weighted by molar-refractivity contribution is 7.90. The molecule has 1 aromatic carbocycles. The molecule has 0 heterocycles. The molecule has 0 saturated heterocycles. The summed E-state index contributed by atoms with van der Waals surface area (Å²) in [4.78, 5) is 11.6. The Morgan fingerprint density at radius 3 is 2.32 bits per heavy atom. The number of aryl methyl sites for hydroxylation is 1. The summed E-state index contributed by atoms with van der Waals surface area (Å²) in [6.07, 6.45) is -0.627. The van der Waals surface area contributed by atoms with Gasteiger partial charge >= 0.3 is 5.97 Å². The standard InChI is InChI=1S/C15H21NO5S/c1-5-20-15(17)10-14(21-11(2)3)16-22(18,19)13-8-6-12(4)7-9-13/h6-9,11H,5,10H2,1-4H3/b16-14+. The number of carbonyl (C=O) groups is 1. The predicted molar refractivity (Wildman–Crippen MR) is 83.3 cm³/mol. The summed E-state index contributed by atoms with van der Waals surface area (Å²) in [7, 11) is -3.93. The van der Waals surface area contributed by atoms with E-state index in [9.17, 15) is 13.2 Å². The van der Waals surface area contributed by atoms with Gasteiger partial charge in [0, 0.05) is 0 Å². The Kier molecular flexibility index (Phi) is 6.55. The van der Waals surface area contributed by atoms with Crippen molar-refractivity contribution in [2.24, 2.45) is 4.40 Å². The first-order chi connectivity index (χ1) is 10.2. The van der Waals surface area contributed by atoms with E-state index in [4.69, 9.17) is 9.47 Å². The zero-order valence-electron chi connectivity index (χ0n) is 13.2. The molecule has 0 aliphatic carbocycles. The Morgan fingerprint density at radius 1 is 1.23 bits per heavy atom. The Bertz CT molecular complexity index is 632. The van der Waals surface area contributed by atoms with Crippen LogP contribution in [0.1, 0.15) is 32.8 Å². The molecule has 0 unspecified atom stereocenters. The highest BCUT2D eigenvalue weighted by Gasteiger charge is 2.18. The van der Waals surface area contributed by atoms with Crippen molar-refractivity contribution in [3.63, 3.8) is 0 Å². The second-order valence-corrected chi connectivity index (χ2v) is 6.53. The average molecular weight is 327 g/mol. The first-order valence-corrected chi connectivity index (χ1v) is 8.41. The van der Waals surface area contributed by atoms with E-state index in [0.29, 0.717) is 0 Å². The molecule has 0 N–H and O–H groups in total. The van der Waals surface area contributed by atoms with Gasteiger partial charge in [-0.25, -0.2) is 0 Å². The summed E-state index contributed by atoms with van der Waals surface area (Å²) in [5.74, 6) is -0.755. The normalized spacial score (nSPS) is 12.3. The fraction of sp³-hybridized carbons (Fsp3) is 0.467. The van der Waals surface area contributed by atoms with E-state index >= 15 is 0 Å². The third kappa shape index (κ3) is 5.85. The van der Waals surface area contributed by atoms with Gasteiger partial charge in [-0.15, -0.1) is 4.40 Å². The number of esters is 1. The van der Waals surface area contributed by atoms with Gasteiger partial charge in [-0.3, -0.25) is 4.79 Å². The van der Waals surface area contributed by atoms with Crippen LogP contribution >= 0.6 is 0 Å². The number of rotatable bonds is 6. The zero-order chi connectivity index (χ0) is 16.8. The highest BCUT2D eigenvalue weighted by atomic mass is 32.2. The van der Waals surface area contributed by atoms with Gasteiger partial charge in [-0.05, 0) is 39.8 Å². The van der Waals surface area contributed by atoms with Gasteiger partial charge in [0.1, 0.15) is 6.42 Å². The van der Waals surface area contributed by atoms with E-state index in [2.05, 4.69) is 4.40 Å². The number of benzene rings is 1. The molecule has 1 aromatic rings. The fourth-order valence-corrected chi connectivity index (χ4v) is 2.56. The molecule has 0 amide bonds. The Balaban J connectivity index is 3.07. The average Bonchev–Trinajstić information content (AvgIpc) is 2.37. The van der Waals surface area contributed by atoms with Crippen LogP contribution in [0.3, 0.4) is 0 Å². The van der Waals surface area contributed by atoms with Crippen LogP contribution in [0.25, 0.3) is 0 Å². The molecule has 1 rings (SSSR count). The maximum atomic E-state index is 12.3. The number of sulfonamides is 1. The third-order valence-electron chi connectivity index (χ3n) is 2.51. The van der Waals surface area contributed by atoms with Crippen molar-refractivity contribution < 1.29 is 22.7 Å². The van der Waals surface area contributed by atoms with Crippen molar-refractivity contribution in [3.8, 4) is 0 Å². The molecule has 22 heavy (non-hydrogen) atoms. The van der Waals surface area contributed by atoms with Gasteiger partial charge in [0.25, 0.3) is 10.0 Å². The predicted octanol–water partition coefficient (Wildman–Crippen LogP) is 2.46. The molecular formula is C15H21NO5S. The topological polar surface area (TPSA) is 82.0 Å². The lowest BCUT2D eigenvalue weighted by molar-refractivity contribution is -0.141. The minimum Gasteiger partial charge on any atom is -0.477 e. The quantitative estimate of drug-likeness (QED) is 0.455. The van der Waals surface area contributed by atoms with Crippen LogP contribution in [-0.4, -0.2) is 33.0 Å². The van der Waals surface area contributed by atoms with E-state index in [0.717, 1.165) is 5.56 Å². The molecule has 0 aromatic heterocycles. The number of hydrogen-bond acceptors (Lipinski definition) is 5. The molecule has 0 aliphatic heterocycles. The van der Waals surface area contributed by atoms with Crippen LogP contribution in [0.4, 0.5) is 0 Å². The van der Waals surface area contributed by atoms with Crippen molar-refractivity contribution in [2.45, 2.75) is 45.1 Å². The number of carbonyl (C=O) groups excluding carboxylic acids is 1. The summed E-state index contributed by atoms with van der Waals surface area (Å²) in [5, 5.41) is 0. The van der Waals surface area contributed by atoms with E-state index in [1.54, 1.807) is 32.9 Å². The highest BCUT2D eigenvalue weighted by Crippen LogP contribution is 2.14. The van der Waals surface area contributed by atoms with Crippen LogP contribution in [-0.2, 0) is 24.3 Å². The van der Waals surface area contributed by atoms with Gasteiger partial charge in [0.15, 0.2) is 0 Å². The lowest BCUT2D eigenvalue weighted by atomic mass is 10.2. The van der Waals surface area contributed by atoms with Gasteiger partial charge in [-0.2, -0.15) is 8.42 Å². The van der Waals surface area contributed by atoms with Crippen LogP contribution in [0, 0.1) is 6.92 Å². The minimum atomic E-state index is -3.93. The Hall–Kier alpha value is -1.89. The van der Waals surface area contributed by atoms with Crippen molar-refractivity contribution >= 4 is 21.9 Å². The maximum Gasteiger partial charge on any atom is 0.315 e.